The molecule has 4 heteroatoms. The molecule has 1 saturated carbocycles. The summed E-state index contributed by atoms with van der Waals surface area (Å²) in [6, 6.07) is 0. The van der Waals surface area contributed by atoms with Crippen LogP contribution in [0.4, 0.5) is 0 Å². The Morgan fingerprint density at radius 2 is 2.24 bits per heavy atom. The standard InChI is InChI=1S/C13H22N2OS/c1-10-3-5-13(16,6-4-10)9-14-7-12-15-11(2)8-17-12/h8,10,14,16H,3-7,9H2,1-2H3. The Morgan fingerprint density at radius 1 is 1.53 bits per heavy atom. The van der Waals surface area contributed by atoms with E-state index in [2.05, 4.69) is 22.6 Å². The number of thiazole rings is 1. The molecule has 2 rings (SSSR count). The Hall–Kier alpha value is -0.450. The predicted molar refractivity (Wildman–Crippen MR) is 71.1 cm³/mol. The number of aliphatic hydroxyl groups is 1. The van der Waals surface area contributed by atoms with Gasteiger partial charge < -0.3 is 10.4 Å². The molecule has 0 spiro atoms. The minimum atomic E-state index is -0.487. The van der Waals surface area contributed by atoms with E-state index in [0.29, 0.717) is 6.54 Å². The van der Waals surface area contributed by atoms with Crippen molar-refractivity contribution in [2.24, 2.45) is 5.92 Å². The highest BCUT2D eigenvalue weighted by Crippen LogP contribution is 2.31. The summed E-state index contributed by atoms with van der Waals surface area (Å²) in [4.78, 5) is 4.40. The van der Waals surface area contributed by atoms with Crippen LogP contribution in [0, 0.1) is 12.8 Å². The van der Waals surface area contributed by atoms with E-state index in [9.17, 15) is 5.11 Å². The van der Waals surface area contributed by atoms with Gasteiger partial charge in [-0.25, -0.2) is 4.98 Å². The van der Waals surface area contributed by atoms with E-state index in [4.69, 9.17) is 0 Å². The topological polar surface area (TPSA) is 45.1 Å². The average Bonchev–Trinajstić information content (AvgIpc) is 2.69. The van der Waals surface area contributed by atoms with Gasteiger partial charge in [-0.15, -0.1) is 11.3 Å². The summed E-state index contributed by atoms with van der Waals surface area (Å²) in [7, 11) is 0. The highest BCUT2D eigenvalue weighted by Gasteiger charge is 2.31. The van der Waals surface area contributed by atoms with Gasteiger partial charge in [-0.3, -0.25) is 0 Å². The monoisotopic (exact) mass is 254 g/mol. The summed E-state index contributed by atoms with van der Waals surface area (Å²) < 4.78 is 0. The van der Waals surface area contributed by atoms with Crippen molar-refractivity contribution in [3.8, 4) is 0 Å². The van der Waals surface area contributed by atoms with Crippen molar-refractivity contribution in [3.05, 3.63) is 16.1 Å². The predicted octanol–water partition coefficient (Wildman–Crippen LogP) is 2.48. The molecule has 0 unspecified atom stereocenters. The van der Waals surface area contributed by atoms with Crippen LogP contribution in [0.3, 0.4) is 0 Å². The van der Waals surface area contributed by atoms with E-state index in [1.165, 1.54) is 0 Å². The highest BCUT2D eigenvalue weighted by molar-refractivity contribution is 7.09. The molecular formula is C13H22N2OS. The van der Waals surface area contributed by atoms with E-state index < -0.39 is 5.60 Å². The zero-order valence-electron chi connectivity index (χ0n) is 10.7. The first-order valence-electron chi connectivity index (χ1n) is 6.41. The third-order valence-electron chi connectivity index (χ3n) is 3.60. The van der Waals surface area contributed by atoms with Gasteiger partial charge in [0.1, 0.15) is 5.01 Å². The lowest BCUT2D eigenvalue weighted by Crippen LogP contribution is -2.43. The van der Waals surface area contributed by atoms with Crippen LogP contribution in [0.2, 0.25) is 0 Å². The second-order valence-electron chi connectivity index (χ2n) is 5.39. The fourth-order valence-electron chi connectivity index (χ4n) is 2.36. The minimum Gasteiger partial charge on any atom is -0.389 e. The molecule has 0 radical (unpaired) electrons. The van der Waals surface area contributed by atoms with Gasteiger partial charge in [0.15, 0.2) is 0 Å². The van der Waals surface area contributed by atoms with Crippen LogP contribution < -0.4 is 5.32 Å². The van der Waals surface area contributed by atoms with Gasteiger partial charge in [-0.1, -0.05) is 6.92 Å². The van der Waals surface area contributed by atoms with Crippen LogP contribution in [0.5, 0.6) is 0 Å². The number of hydrogen-bond acceptors (Lipinski definition) is 4. The lowest BCUT2D eigenvalue weighted by Gasteiger charge is -2.35. The van der Waals surface area contributed by atoms with E-state index in [0.717, 1.165) is 48.8 Å². The molecule has 3 nitrogen and oxygen atoms in total. The number of aryl methyl sites for hydroxylation is 1. The normalized spacial score (nSPS) is 29.5. The molecule has 17 heavy (non-hydrogen) atoms. The first-order chi connectivity index (χ1) is 8.07. The minimum absolute atomic E-state index is 0.487. The smallest absolute Gasteiger partial charge is 0.107 e. The molecule has 0 bridgehead atoms. The Kier molecular flexibility index (Phi) is 4.17. The molecular weight excluding hydrogens is 232 g/mol. The van der Waals surface area contributed by atoms with Crippen molar-refractivity contribution in [2.75, 3.05) is 6.54 Å². The lowest BCUT2D eigenvalue weighted by atomic mass is 9.79. The molecule has 1 fully saturated rings. The van der Waals surface area contributed by atoms with Crippen molar-refractivity contribution >= 4 is 11.3 Å². The zero-order valence-corrected chi connectivity index (χ0v) is 11.5. The van der Waals surface area contributed by atoms with Crippen LogP contribution in [-0.2, 0) is 6.54 Å². The quantitative estimate of drug-likeness (QED) is 0.867. The SMILES string of the molecule is Cc1csc(CNCC2(O)CCC(C)CC2)n1. The molecule has 0 saturated heterocycles. The van der Waals surface area contributed by atoms with Crippen LogP contribution in [0.1, 0.15) is 43.3 Å². The average molecular weight is 254 g/mol. The molecule has 96 valence electrons. The zero-order chi connectivity index (χ0) is 12.3. The first-order valence-corrected chi connectivity index (χ1v) is 7.29. The number of nitrogens with one attached hydrogen (secondary N) is 1. The van der Waals surface area contributed by atoms with Crippen LogP contribution in [-0.4, -0.2) is 22.2 Å². The Balaban J connectivity index is 1.74. The number of rotatable bonds is 4. The summed E-state index contributed by atoms with van der Waals surface area (Å²) in [5.41, 5.74) is 0.593. The van der Waals surface area contributed by atoms with Gasteiger partial charge in [0.25, 0.3) is 0 Å². The molecule has 0 aromatic carbocycles. The molecule has 0 amide bonds. The lowest BCUT2D eigenvalue weighted by molar-refractivity contribution is -0.00630. The Morgan fingerprint density at radius 3 is 2.82 bits per heavy atom. The van der Waals surface area contributed by atoms with Crippen LogP contribution in [0.25, 0.3) is 0 Å². The Bertz CT molecular complexity index is 356. The fraction of sp³-hybridized carbons (Fsp3) is 0.769. The van der Waals surface area contributed by atoms with Crippen molar-refractivity contribution in [1.82, 2.24) is 10.3 Å². The van der Waals surface area contributed by atoms with E-state index in [1.54, 1.807) is 11.3 Å². The first kappa shape index (κ1) is 13.0. The van der Waals surface area contributed by atoms with Gasteiger partial charge in [0.05, 0.1) is 5.60 Å². The van der Waals surface area contributed by atoms with Crippen LogP contribution in [0.15, 0.2) is 5.38 Å². The van der Waals surface area contributed by atoms with Gasteiger partial charge in [-0.2, -0.15) is 0 Å². The van der Waals surface area contributed by atoms with E-state index >= 15 is 0 Å². The molecule has 1 aliphatic carbocycles. The van der Waals surface area contributed by atoms with Crippen molar-refractivity contribution in [3.63, 3.8) is 0 Å². The van der Waals surface area contributed by atoms with E-state index in [1.807, 2.05) is 6.92 Å². The molecule has 1 aromatic heterocycles. The van der Waals surface area contributed by atoms with Crippen LogP contribution >= 0.6 is 11.3 Å². The van der Waals surface area contributed by atoms with Gasteiger partial charge in [-0.05, 0) is 38.5 Å². The van der Waals surface area contributed by atoms with E-state index in [-0.39, 0.29) is 0 Å². The van der Waals surface area contributed by atoms with Crippen molar-refractivity contribution in [2.45, 2.75) is 51.7 Å². The molecule has 2 N–H and O–H groups in total. The second kappa shape index (κ2) is 5.46. The third-order valence-corrected chi connectivity index (χ3v) is 4.57. The maximum atomic E-state index is 10.4. The second-order valence-corrected chi connectivity index (χ2v) is 6.34. The summed E-state index contributed by atoms with van der Waals surface area (Å²) in [6.45, 7) is 5.75. The summed E-state index contributed by atoms with van der Waals surface area (Å²) >= 11 is 1.68. The highest BCUT2D eigenvalue weighted by atomic mass is 32.1. The number of nitrogens with zero attached hydrogens (tertiary/aromatic N) is 1. The molecule has 1 aromatic rings. The van der Waals surface area contributed by atoms with Crippen molar-refractivity contribution < 1.29 is 5.11 Å². The molecule has 1 aliphatic rings. The van der Waals surface area contributed by atoms with Crippen molar-refractivity contribution in [1.29, 1.82) is 0 Å². The summed E-state index contributed by atoms with van der Waals surface area (Å²) in [5, 5.41) is 16.9. The fourth-order valence-corrected chi connectivity index (χ4v) is 3.10. The number of hydrogen-bond donors (Lipinski definition) is 2. The summed E-state index contributed by atoms with van der Waals surface area (Å²) in [5.74, 6) is 0.775. The maximum absolute atomic E-state index is 10.4. The van der Waals surface area contributed by atoms with Gasteiger partial charge in [0, 0.05) is 24.2 Å². The number of aromatic nitrogens is 1. The molecule has 0 aliphatic heterocycles. The third kappa shape index (κ3) is 3.76. The molecule has 0 atom stereocenters. The Labute approximate surface area is 107 Å². The van der Waals surface area contributed by atoms with Gasteiger partial charge in [0.2, 0.25) is 0 Å². The maximum Gasteiger partial charge on any atom is 0.107 e. The largest absolute Gasteiger partial charge is 0.389 e. The van der Waals surface area contributed by atoms with Gasteiger partial charge >= 0.3 is 0 Å². The summed E-state index contributed by atoms with van der Waals surface area (Å²) in [6.07, 6.45) is 4.15. The molecule has 1 heterocycles.